The molecule has 0 unspecified atom stereocenters. The van der Waals surface area contributed by atoms with Gasteiger partial charge in [-0.25, -0.2) is 0 Å². The zero-order valence-corrected chi connectivity index (χ0v) is 11.8. The first-order valence-electron chi connectivity index (χ1n) is 6.17. The number of carbonyl (C=O) groups is 1. The standard InChI is InChI=1S/C13H20ClN3O2/c1-17(7-8-18)6-2-3-13(19)16-12-5-4-10(15)9-11(12)14/h4-5,9,18H,2-3,6-8,15H2,1H3,(H,16,19). The summed E-state index contributed by atoms with van der Waals surface area (Å²) in [4.78, 5) is 13.7. The maximum absolute atomic E-state index is 11.7. The Morgan fingerprint density at radius 2 is 2.21 bits per heavy atom. The number of nitrogens with one attached hydrogen (secondary N) is 1. The number of likely N-dealkylation sites (N-methyl/N-ethyl adjacent to an activating group) is 1. The smallest absolute Gasteiger partial charge is 0.224 e. The molecule has 0 aliphatic carbocycles. The third-order valence-electron chi connectivity index (χ3n) is 2.69. The second kappa shape index (κ2) is 7.99. The Labute approximate surface area is 118 Å². The van der Waals surface area contributed by atoms with E-state index in [0.29, 0.717) is 29.4 Å². The average Bonchev–Trinajstić information content (AvgIpc) is 2.33. The minimum absolute atomic E-state index is 0.0796. The van der Waals surface area contributed by atoms with Crippen LogP contribution in [0.2, 0.25) is 5.02 Å². The van der Waals surface area contributed by atoms with E-state index in [1.165, 1.54) is 0 Å². The Balaban J connectivity index is 2.35. The number of halogens is 1. The molecule has 106 valence electrons. The van der Waals surface area contributed by atoms with Crippen molar-refractivity contribution in [2.75, 3.05) is 37.8 Å². The molecule has 1 aromatic rings. The molecule has 0 radical (unpaired) electrons. The first kappa shape index (κ1) is 15.8. The SMILES string of the molecule is CN(CCO)CCCC(=O)Nc1ccc(N)cc1Cl. The highest BCUT2D eigenvalue weighted by Crippen LogP contribution is 2.24. The fourth-order valence-corrected chi connectivity index (χ4v) is 1.87. The van der Waals surface area contributed by atoms with Crippen LogP contribution in [0.25, 0.3) is 0 Å². The van der Waals surface area contributed by atoms with E-state index in [0.717, 1.165) is 13.0 Å². The van der Waals surface area contributed by atoms with Crippen LogP contribution >= 0.6 is 11.6 Å². The molecule has 5 nitrogen and oxygen atoms in total. The second-order valence-electron chi connectivity index (χ2n) is 4.42. The van der Waals surface area contributed by atoms with E-state index in [1.807, 2.05) is 11.9 Å². The summed E-state index contributed by atoms with van der Waals surface area (Å²) in [5, 5.41) is 11.9. The molecular formula is C13H20ClN3O2. The Bertz CT molecular complexity index is 426. The van der Waals surface area contributed by atoms with Crippen LogP contribution in [0.3, 0.4) is 0 Å². The van der Waals surface area contributed by atoms with Crippen molar-refractivity contribution in [3.63, 3.8) is 0 Å². The summed E-state index contributed by atoms with van der Waals surface area (Å²) in [7, 11) is 1.91. The normalized spacial score (nSPS) is 10.7. The summed E-state index contributed by atoms with van der Waals surface area (Å²) in [6.07, 6.45) is 1.14. The molecule has 1 rings (SSSR count). The second-order valence-corrected chi connectivity index (χ2v) is 4.83. The largest absolute Gasteiger partial charge is 0.399 e. The van der Waals surface area contributed by atoms with Gasteiger partial charge in [0.25, 0.3) is 0 Å². The van der Waals surface area contributed by atoms with E-state index in [9.17, 15) is 4.79 Å². The number of hydrogen-bond acceptors (Lipinski definition) is 4. The van der Waals surface area contributed by atoms with Crippen molar-refractivity contribution < 1.29 is 9.90 Å². The molecule has 0 saturated heterocycles. The van der Waals surface area contributed by atoms with Crippen molar-refractivity contribution >= 4 is 28.9 Å². The summed E-state index contributed by atoms with van der Waals surface area (Å²) < 4.78 is 0. The lowest BCUT2D eigenvalue weighted by Crippen LogP contribution is -2.24. The Hall–Kier alpha value is -1.30. The van der Waals surface area contributed by atoms with E-state index < -0.39 is 0 Å². The van der Waals surface area contributed by atoms with E-state index in [4.69, 9.17) is 22.4 Å². The lowest BCUT2D eigenvalue weighted by molar-refractivity contribution is -0.116. The van der Waals surface area contributed by atoms with Gasteiger partial charge in [0.05, 0.1) is 17.3 Å². The summed E-state index contributed by atoms with van der Waals surface area (Å²) in [6.45, 7) is 1.51. The Morgan fingerprint density at radius 3 is 2.84 bits per heavy atom. The molecule has 0 aromatic heterocycles. The van der Waals surface area contributed by atoms with Gasteiger partial charge in [0, 0.05) is 18.7 Å². The predicted octanol–water partition coefficient (Wildman–Crippen LogP) is 1.56. The molecule has 6 heteroatoms. The molecule has 1 amide bonds. The molecule has 0 saturated carbocycles. The van der Waals surface area contributed by atoms with Crippen molar-refractivity contribution in [1.29, 1.82) is 0 Å². The summed E-state index contributed by atoms with van der Waals surface area (Å²) in [6, 6.07) is 4.98. The third kappa shape index (κ3) is 5.92. The number of aliphatic hydroxyl groups excluding tert-OH is 1. The van der Waals surface area contributed by atoms with E-state index in [1.54, 1.807) is 18.2 Å². The number of aliphatic hydroxyl groups is 1. The van der Waals surface area contributed by atoms with Crippen LogP contribution in [0.1, 0.15) is 12.8 Å². The number of carbonyl (C=O) groups excluding carboxylic acids is 1. The number of benzene rings is 1. The number of nitrogens with two attached hydrogens (primary N) is 1. The number of amides is 1. The fraction of sp³-hybridized carbons (Fsp3) is 0.462. The molecule has 1 aromatic carbocycles. The highest BCUT2D eigenvalue weighted by Gasteiger charge is 2.06. The van der Waals surface area contributed by atoms with Crippen LogP contribution in [-0.2, 0) is 4.79 Å². The molecule has 0 aliphatic rings. The van der Waals surface area contributed by atoms with Crippen LogP contribution in [0.15, 0.2) is 18.2 Å². The van der Waals surface area contributed by atoms with Crippen molar-refractivity contribution in [2.24, 2.45) is 0 Å². The zero-order valence-electron chi connectivity index (χ0n) is 11.0. The molecule has 0 bridgehead atoms. The van der Waals surface area contributed by atoms with Crippen LogP contribution < -0.4 is 11.1 Å². The van der Waals surface area contributed by atoms with Gasteiger partial charge in [-0.1, -0.05) is 11.6 Å². The maximum Gasteiger partial charge on any atom is 0.224 e. The van der Waals surface area contributed by atoms with E-state index in [-0.39, 0.29) is 12.5 Å². The highest BCUT2D eigenvalue weighted by molar-refractivity contribution is 6.34. The summed E-state index contributed by atoms with van der Waals surface area (Å²) in [5.74, 6) is -0.0796. The predicted molar refractivity (Wildman–Crippen MR) is 78.3 cm³/mol. The van der Waals surface area contributed by atoms with E-state index in [2.05, 4.69) is 5.32 Å². The van der Waals surface area contributed by atoms with Gasteiger partial charge in [0.15, 0.2) is 0 Å². The Kier molecular flexibility index (Phi) is 6.62. The van der Waals surface area contributed by atoms with Gasteiger partial charge in [0.2, 0.25) is 5.91 Å². The topological polar surface area (TPSA) is 78.6 Å². The van der Waals surface area contributed by atoms with Gasteiger partial charge in [-0.3, -0.25) is 4.79 Å². The maximum atomic E-state index is 11.7. The van der Waals surface area contributed by atoms with Crippen molar-refractivity contribution in [2.45, 2.75) is 12.8 Å². The number of rotatable bonds is 7. The number of anilines is 2. The minimum Gasteiger partial charge on any atom is -0.399 e. The molecule has 4 N–H and O–H groups in total. The van der Waals surface area contributed by atoms with Crippen molar-refractivity contribution in [1.82, 2.24) is 4.90 Å². The quantitative estimate of drug-likeness (QED) is 0.665. The molecule has 19 heavy (non-hydrogen) atoms. The number of nitrogens with zero attached hydrogens (tertiary/aromatic N) is 1. The molecule has 0 heterocycles. The van der Waals surface area contributed by atoms with Gasteiger partial charge in [-0.2, -0.15) is 0 Å². The first-order chi connectivity index (χ1) is 9.02. The fourth-order valence-electron chi connectivity index (χ4n) is 1.64. The van der Waals surface area contributed by atoms with Gasteiger partial charge < -0.3 is 21.1 Å². The van der Waals surface area contributed by atoms with Gasteiger partial charge in [-0.05, 0) is 38.2 Å². The van der Waals surface area contributed by atoms with Gasteiger partial charge in [0.1, 0.15) is 0 Å². The summed E-state index contributed by atoms with van der Waals surface area (Å²) >= 11 is 5.97. The van der Waals surface area contributed by atoms with E-state index >= 15 is 0 Å². The summed E-state index contributed by atoms with van der Waals surface area (Å²) in [5.41, 5.74) is 6.71. The van der Waals surface area contributed by atoms with Crippen LogP contribution in [0.4, 0.5) is 11.4 Å². The number of hydrogen-bond donors (Lipinski definition) is 3. The highest BCUT2D eigenvalue weighted by atomic mass is 35.5. The molecule has 0 atom stereocenters. The van der Waals surface area contributed by atoms with Crippen LogP contribution in [-0.4, -0.2) is 42.7 Å². The number of nitrogen functional groups attached to an aromatic ring is 1. The van der Waals surface area contributed by atoms with Crippen LogP contribution in [0.5, 0.6) is 0 Å². The average molecular weight is 286 g/mol. The third-order valence-corrected chi connectivity index (χ3v) is 3.01. The molecular weight excluding hydrogens is 266 g/mol. The van der Waals surface area contributed by atoms with Crippen LogP contribution in [0, 0.1) is 0 Å². The molecule has 0 fully saturated rings. The monoisotopic (exact) mass is 285 g/mol. The minimum atomic E-state index is -0.0796. The lowest BCUT2D eigenvalue weighted by Gasteiger charge is -2.14. The lowest BCUT2D eigenvalue weighted by atomic mass is 10.2. The Morgan fingerprint density at radius 1 is 1.47 bits per heavy atom. The first-order valence-corrected chi connectivity index (χ1v) is 6.55. The van der Waals surface area contributed by atoms with Crippen molar-refractivity contribution in [3.8, 4) is 0 Å². The van der Waals surface area contributed by atoms with Gasteiger partial charge >= 0.3 is 0 Å². The van der Waals surface area contributed by atoms with Crippen molar-refractivity contribution in [3.05, 3.63) is 23.2 Å². The molecule has 0 spiro atoms. The molecule has 0 aliphatic heterocycles. The van der Waals surface area contributed by atoms with Gasteiger partial charge in [-0.15, -0.1) is 0 Å². The zero-order chi connectivity index (χ0) is 14.3.